The highest BCUT2D eigenvalue weighted by atomic mass is 16.5. The fourth-order valence-electron chi connectivity index (χ4n) is 1.66. The Balaban J connectivity index is 1.98. The maximum absolute atomic E-state index is 5.46. The van der Waals surface area contributed by atoms with Gasteiger partial charge in [-0.15, -0.1) is 0 Å². The van der Waals surface area contributed by atoms with E-state index >= 15 is 0 Å². The second-order valence-corrected chi connectivity index (χ2v) is 3.63. The third-order valence-electron chi connectivity index (χ3n) is 2.56. The van der Waals surface area contributed by atoms with Gasteiger partial charge in [0.2, 0.25) is 0 Å². The highest BCUT2D eigenvalue weighted by Crippen LogP contribution is 2.12. The third-order valence-corrected chi connectivity index (χ3v) is 2.56. The van der Waals surface area contributed by atoms with Crippen LogP contribution in [0.3, 0.4) is 0 Å². The summed E-state index contributed by atoms with van der Waals surface area (Å²) in [5.74, 6) is 0. The molecule has 0 saturated carbocycles. The number of unbranched alkanes of at least 4 members (excludes halogenated alkanes) is 2. The fraction of sp³-hybridized carbons (Fsp3) is 1.00. The molecule has 1 rings (SSSR count). The van der Waals surface area contributed by atoms with Crippen molar-refractivity contribution in [2.75, 3.05) is 13.2 Å². The fourth-order valence-corrected chi connectivity index (χ4v) is 1.66. The summed E-state index contributed by atoms with van der Waals surface area (Å²) < 4.78 is 5.46. The lowest BCUT2D eigenvalue weighted by Crippen LogP contribution is -2.35. The molecule has 1 heterocycles. The van der Waals surface area contributed by atoms with Crippen molar-refractivity contribution in [3.8, 4) is 0 Å². The summed E-state index contributed by atoms with van der Waals surface area (Å²) in [4.78, 5) is 0. The van der Waals surface area contributed by atoms with Gasteiger partial charge in [-0.05, 0) is 26.3 Å². The molecule has 0 radical (unpaired) electrons. The Morgan fingerprint density at radius 2 is 2.25 bits per heavy atom. The Bertz CT molecular complexity index is 116. The van der Waals surface area contributed by atoms with Gasteiger partial charge in [0.05, 0.1) is 6.10 Å². The third kappa shape index (κ3) is 3.11. The van der Waals surface area contributed by atoms with Crippen molar-refractivity contribution in [1.82, 2.24) is 5.32 Å². The van der Waals surface area contributed by atoms with E-state index in [0.29, 0.717) is 12.1 Å². The molecule has 0 aromatic rings. The summed E-state index contributed by atoms with van der Waals surface area (Å²) in [5.41, 5.74) is 0. The zero-order valence-electron chi connectivity index (χ0n) is 8.31. The first-order valence-electron chi connectivity index (χ1n) is 5.19. The van der Waals surface area contributed by atoms with Crippen LogP contribution < -0.4 is 5.32 Å². The highest BCUT2D eigenvalue weighted by Gasteiger charge is 2.22. The minimum absolute atomic E-state index is 0.423. The molecule has 0 aliphatic carbocycles. The molecule has 1 N–H and O–H groups in total. The summed E-state index contributed by atoms with van der Waals surface area (Å²) in [5, 5.41) is 3.54. The second-order valence-electron chi connectivity index (χ2n) is 3.63. The van der Waals surface area contributed by atoms with Crippen LogP contribution in [0.15, 0.2) is 0 Å². The molecular formula is C10H21NO. The number of ether oxygens (including phenoxy) is 1. The topological polar surface area (TPSA) is 21.3 Å². The molecule has 0 spiro atoms. The van der Waals surface area contributed by atoms with Gasteiger partial charge in [0.15, 0.2) is 0 Å². The van der Waals surface area contributed by atoms with Crippen molar-refractivity contribution in [2.45, 2.75) is 51.7 Å². The van der Waals surface area contributed by atoms with E-state index in [1.807, 2.05) is 0 Å². The van der Waals surface area contributed by atoms with Crippen LogP contribution in [0.5, 0.6) is 0 Å². The molecule has 2 nitrogen and oxygen atoms in total. The maximum atomic E-state index is 5.46. The van der Waals surface area contributed by atoms with E-state index in [1.165, 1.54) is 25.7 Å². The van der Waals surface area contributed by atoms with Crippen LogP contribution in [0.4, 0.5) is 0 Å². The molecule has 1 aliphatic rings. The lowest BCUT2D eigenvalue weighted by molar-refractivity contribution is 0.113. The standard InChI is InChI=1S/C10H21NO/c1-3-4-5-7-11-10-6-8-12-9(10)2/h9-11H,3-8H2,1-2H3/t9-,10-/m0/s1. The van der Waals surface area contributed by atoms with Gasteiger partial charge < -0.3 is 10.1 Å². The molecule has 12 heavy (non-hydrogen) atoms. The second kappa shape index (κ2) is 5.55. The smallest absolute Gasteiger partial charge is 0.0700 e. The Morgan fingerprint density at radius 1 is 1.42 bits per heavy atom. The van der Waals surface area contributed by atoms with Gasteiger partial charge in [0, 0.05) is 12.6 Å². The lowest BCUT2D eigenvalue weighted by atomic mass is 10.1. The van der Waals surface area contributed by atoms with E-state index in [1.54, 1.807) is 0 Å². The molecule has 1 aliphatic heterocycles. The van der Waals surface area contributed by atoms with Crippen molar-refractivity contribution in [3.63, 3.8) is 0 Å². The largest absolute Gasteiger partial charge is 0.377 e. The predicted octanol–water partition coefficient (Wildman–Crippen LogP) is 1.94. The molecule has 0 unspecified atom stereocenters. The van der Waals surface area contributed by atoms with Crippen molar-refractivity contribution in [2.24, 2.45) is 0 Å². The van der Waals surface area contributed by atoms with E-state index in [9.17, 15) is 0 Å². The molecule has 2 heteroatoms. The van der Waals surface area contributed by atoms with Gasteiger partial charge in [-0.2, -0.15) is 0 Å². The SMILES string of the molecule is CCCCCN[C@H]1CCO[C@H]1C. The van der Waals surface area contributed by atoms with Gasteiger partial charge in [0.1, 0.15) is 0 Å². The lowest BCUT2D eigenvalue weighted by Gasteiger charge is -2.15. The maximum Gasteiger partial charge on any atom is 0.0700 e. The minimum Gasteiger partial charge on any atom is -0.377 e. The first kappa shape index (κ1) is 10.0. The zero-order valence-corrected chi connectivity index (χ0v) is 8.31. The average Bonchev–Trinajstić information content (AvgIpc) is 2.46. The normalized spacial score (nSPS) is 29.5. The number of rotatable bonds is 5. The van der Waals surface area contributed by atoms with Gasteiger partial charge >= 0.3 is 0 Å². The van der Waals surface area contributed by atoms with Crippen molar-refractivity contribution in [1.29, 1.82) is 0 Å². The van der Waals surface area contributed by atoms with Crippen molar-refractivity contribution in [3.05, 3.63) is 0 Å². The van der Waals surface area contributed by atoms with Gasteiger partial charge in [-0.3, -0.25) is 0 Å². The summed E-state index contributed by atoms with van der Waals surface area (Å²) >= 11 is 0. The van der Waals surface area contributed by atoms with Crippen molar-refractivity contribution >= 4 is 0 Å². The quantitative estimate of drug-likeness (QED) is 0.638. The first-order chi connectivity index (χ1) is 5.84. The summed E-state index contributed by atoms with van der Waals surface area (Å²) in [6.45, 7) is 6.49. The Hall–Kier alpha value is -0.0800. The number of hydrogen-bond donors (Lipinski definition) is 1. The Kier molecular flexibility index (Phi) is 4.62. The van der Waals surface area contributed by atoms with E-state index < -0.39 is 0 Å². The zero-order chi connectivity index (χ0) is 8.81. The number of hydrogen-bond acceptors (Lipinski definition) is 2. The molecule has 0 amide bonds. The van der Waals surface area contributed by atoms with E-state index in [4.69, 9.17) is 4.74 Å². The van der Waals surface area contributed by atoms with Crippen molar-refractivity contribution < 1.29 is 4.74 Å². The summed E-state index contributed by atoms with van der Waals surface area (Å²) in [6, 6.07) is 0.613. The van der Waals surface area contributed by atoms with E-state index in [-0.39, 0.29) is 0 Å². The van der Waals surface area contributed by atoms with Crippen LogP contribution in [0.2, 0.25) is 0 Å². The van der Waals surface area contributed by atoms with Crippen LogP contribution in [0.25, 0.3) is 0 Å². The van der Waals surface area contributed by atoms with Gasteiger partial charge in [-0.25, -0.2) is 0 Å². The molecule has 0 aromatic carbocycles. The predicted molar refractivity (Wildman–Crippen MR) is 51.3 cm³/mol. The monoisotopic (exact) mass is 171 g/mol. The van der Waals surface area contributed by atoms with Gasteiger partial charge in [0.25, 0.3) is 0 Å². The molecule has 1 saturated heterocycles. The van der Waals surface area contributed by atoms with Crippen LogP contribution in [-0.4, -0.2) is 25.3 Å². The van der Waals surface area contributed by atoms with Crippen LogP contribution in [-0.2, 0) is 4.74 Å². The first-order valence-corrected chi connectivity index (χ1v) is 5.19. The van der Waals surface area contributed by atoms with E-state index in [0.717, 1.165) is 13.2 Å². The summed E-state index contributed by atoms with van der Waals surface area (Å²) in [6.07, 6.45) is 5.56. The average molecular weight is 171 g/mol. The molecular weight excluding hydrogens is 150 g/mol. The van der Waals surface area contributed by atoms with Crippen LogP contribution in [0, 0.1) is 0 Å². The molecule has 72 valence electrons. The van der Waals surface area contributed by atoms with E-state index in [2.05, 4.69) is 19.2 Å². The molecule has 0 bridgehead atoms. The Labute approximate surface area is 75.7 Å². The molecule has 0 aromatic heterocycles. The highest BCUT2D eigenvalue weighted by molar-refractivity contribution is 4.78. The minimum atomic E-state index is 0.423. The van der Waals surface area contributed by atoms with Crippen LogP contribution >= 0.6 is 0 Å². The molecule has 2 atom stereocenters. The van der Waals surface area contributed by atoms with Gasteiger partial charge in [-0.1, -0.05) is 19.8 Å². The molecule has 1 fully saturated rings. The Morgan fingerprint density at radius 3 is 2.83 bits per heavy atom. The number of nitrogens with one attached hydrogen (secondary N) is 1. The van der Waals surface area contributed by atoms with Crippen LogP contribution in [0.1, 0.15) is 39.5 Å². The summed E-state index contributed by atoms with van der Waals surface area (Å²) in [7, 11) is 0.